The van der Waals surface area contributed by atoms with Crippen molar-refractivity contribution < 1.29 is 18.3 Å². The van der Waals surface area contributed by atoms with Gasteiger partial charge in [0.25, 0.3) is 0 Å². The highest BCUT2D eigenvalue weighted by molar-refractivity contribution is 7.89. The number of carbonyl (C=O) groups is 1. The van der Waals surface area contributed by atoms with E-state index >= 15 is 0 Å². The number of nitrogens with two attached hydrogens (primary N) is 1. The summed E-state index contributed by atoms with van der Waals surface area (Å²) in [4.78, 5) is 13.2. The molecule has 20 heavy (non-hydrogen) atoms. The van der Waals surface area contributed by atoms with E-state index in [1.165, 1.54) is 12.1 Å². The average molecular weight is 298 g/mol. The highest BCUT2D eigenvalue weighted by atomic mass is 32.2. The first kappa shape index (κ1) is 14.8. The number of anilines is 1. The van der Waals surface area contributed by atoms with E-state index in [0.29, 0.717) is 17.5 Å². The molecule has 2 atom stereocenters. The third-order valence-corrected chi connectivity index (χ3v) is 4.77. The minimum Gasteiger partial charge on any atom is -0.478 e. The molecule has 0 aromatic heterocycles. The van der Waals surface area contributed by atoms with Crippen molar-refractivity contribution in [2.75, 3.05) is 18.0 Å². The number of rotatable bonds is 3. The zero-order valence-electron chi connectivity index (χ0n) is 11.4. The molecular weight excluding hydrogens is 280 g/mol. The monoisotopic (exact) mass is 298 g/mol. The zero-order valence-corrected chi connectivity index (χ0v) is 12.2. The number of aromatic carboxylic acids is 1. The van der Waals surface area contributed by atoms with Crippen LogP contribution in [0.25, 0.3) is 0 Å². The van der Waals surface area contributed by atoms with Gasteiger partial charge in [-0.15, -0.1) is 0 Å². The first-order valence-electron chi connectivity index (χ1n) is 6.35. The Morgan fingerprint density at radius 2 is 1.85 bits per heavy atom. The van der Waals surface area contributed by atoms with E-state index in [1.54, 1.807) is 0 Å². The summed E-state index contributed by atoms with van der Waals surface area (Å²) in [5.74, 6) is -0.221. The molecular formula is C13H18N2O4S. The molecule has 0 bridgehead atoms. The van der Waals surface area contributed by atoms with Crippen molar-refractivity contribution in [3.63, 3.8) is 0 Å². The SMILES string of the molecule is CC1CN(c2ccc(S(N)(=O)=O)cc2C(=O)O)CC1C. The third-order valence-electron chi connectivity index (χ3n) is 3.86. The van der Waals surface area contributed by atoms with Crippen LogP contribution >= 0.6 is 0 Å². The van der Waals surface area contributed by atoms with Crippen LogP contribution in [0.3, 0.4) is 0 Å². The summed E-state index contributed by atoms with van der Waals surface area (Å²) >= 11 is 0. The summed E-state index contributed by atoms with van der Waals surface area (Å²) in [6, 6.07) is 4.00. The summed E-state index contributed by atoms with van der Waals surface area (Å²) in [6.45, 7) is 5.75. The van der Waals surface area contributed by atoms with Crippen LogP contribution in [0.15, 0.2) is 23.1 Å². The Morgan fingerprint density at radius 3 is 2.30 bits per heavy atom. The second kappa shape index (κ2) is 5.06. The fourth-order valence-corrected chi connectivity index (χ4v) is 3.01. The van der Waals surface area contributed by atoms with Crippen LogP contribution in [0.1, 0.15) is 24.2 Å². The summed E-state index contributed by atoms with van der Waals surface area (Å²) < 4.78 is 22.6. The van der Waals surface area contributed by atoms with Crippen molar-refractivity contribution >= 4 is 21.7 Å². The van der Waals surface area contributed by atoms with Crippen molar-refractivity contribution in [3.05, 3.63) is 23.8 Å². The first-order valence-corrected chi connectivity index (χ1v) is 7.90. The molecule has 1 fully saturated rings. The number of carboxylic acids is 1. The van der Waals surface area contributed by atoms with E-state index in [4.69, 9.17) is 5.14 Å². The number of hydrogen-bond donors (Lipinski definition) is 2. The normalized spacial score (nSPS) is 23.1. The summed E-state index contributed by atoms with van der Waals surface area (Å²) in [5, 5.41) is 14.3. The average Bonchev–Trinajstić information content (AvgIpc) is 2.67. The number of benzene rings is 1. The molecule has 1 aliphatic rings. The van der Waals surface area contributed by atoms with Crippen LogP contribution in [-0.2, 0) is 10.0 Å². The smallest absolute Gasteiger partial charge is 0.337 e. The van der Waals surface area contributed by atoms with Gasteiger partial charge in [0.2, 0.25) is 10.0 Å². The van der Waals surface area contributed by atoms with E-state index < -0.39 is 16.0 Å². The van der Waals surface area contributed by atoms with Crippen molar-refractivity contribution in [3.8, 4) is 0 Å². The number of primary sulfonamides is 1. The lowest BCUT2D eigenvalue weighted by Crippen LogP contribution is -2.23. The van der Waals surface area contributed by atoms with Crippen LogP contribution in [0.2, 0.25) is 0 Å². The molecule has 2 rings (SSSR count). The van der Waals surface area contributed by atoms with Crippen LogP contribution < -0.4 is 10.0 Å². The standard InChI is InChI=1S/C13H18N2O4S/c1-8-6-15(7-9(8)2)12-4-3-10(20(14,18)19)5-11(12)13(16)17/h3-5,8-9H,6-7H2,1-2H3,(H,16,17)(H2,14,18,19). The second-order valence-corrected chi connectivity index (χ2v) is 6.95. The van der Waals surface area contributed by atoms with Crippen LogP contribution in [0.5, 0.6) is 0 Å². The maximum absolute atomic E-state index is 11.4. The molecule has 110 valence electrons. The highest BCUT2D eigenvalue weighted by Crippen LogP contribution is 2.31. The molecule has 1 aromatic rings. The first-order chi connectivity index (χ1) is 9.20. The van der Waals surface area contributed by atoms with E-state index in [-0.39, 0.29) is 10.5 Å². The van der Waals surface area contributed by atoms with E-state index in [0.717, 1.165) is 19.2 Å². The summed E-state index contributed by atoms with van der Waals surface area (Å²) in [5.41, 5.74) is 0.513. The van der Waals surface area contributed by atoms with Crippen LogP contribution in [-0.4, -0.2) is 32.6 Å². The lowest BCUT2D eigenvalue weighted by molar-refractivity contribution is 0.0697. The number of carboxylic acid groups (broad SMARTS) is 1. The predicted molar refractivity (Wildman–Crippen MR) is 75.3 cm³/mol. The molecule has 0 radical (unpaired) electrons. The van der Waals surface area contributed by atoms with Gasteiger partial charge in [-0.05, 0) is 30.0 Å². The fourth-order valence-electron chi connectivity index (χ4n) is 2.47. The molecule has 3 N–H and O–H groups in total. The minimum atomic E-state index is -3.90. The minimum absolute atomic E-state index is 0.0298. The van der Waals surface area contributed by atoms with Crippen molar-refractivity contribution in [2.45, 2.75) is 18.7 Å². The van der Waals surface area contributed by atoms with Crippen LogP contribution in [0, 0.1) is 11.8 Å². The van der Waals surface area contributed by atoms with Gasteiger partial charge in [-0.25, -0.2) is 18.4 Å². The molecule has 0 aliphatic carbocycles. The molecule has 0 spiro atoms. The zero-order chi connectivity index (χ0) is 15.1. The van der Waals surface area contributed by atoms with Gasteiger partial charge in [0.05, 0.1) is 16.1 Å². The molecule has 2 unspecified atom stereocenters. The largest absolute Gasteiger partial charge is 0.478 e. The molecule has 6 nitrogen and oxygen atoms in total. The summed E-state index contributed by atoms with van der Waals surface area (Å²) in [6.07, 6.45) is 0. The Bertz CT molecular complexity index is 632. The quantitative estimate of drug-likeness (QED) is 0.871. The molecule has 7 heteroatoms. The van der Waals surface area contributed by atoms with Gasteiger partial charge < -0.3 is 10.0 Å². The Balaban J connectivity index is 2.47. The molecule has 1 aromatic carbocycles. The molecule has 1 saturated heterocycles. The lowest BCUT2D eigenvalue weighted by atomic mass is 10.0. The van der Waals surface area contributed by atoms with Gasteiger partial charge in [-0.1, -0.05) is 13.8 Å². The Hall–Kier alpha value is -1.60. The van der Waals surface area contributed by atoms with Gasteiger partial charge in [-0.3, -0.25) is 0 Å². The second-order valence-electron chi connectivity index (χ2n) is 5.39. The predicted octanol–water partition coefficient (Wildman–Crippen LogP) is 1.12. The Labute approximate surface area is 118 Å². The highest BCUT2D eigenvalue weighted by Gasteiger charge is 2.29. The topological polar surface area (TPSA) is 101 Å². The maximum Gasteiger partial charge on any atom is 0.337 e. The number of nitrogens with zero attached hydrogens (tertiary/aromatic N) is 1. The van der Waals surface area contributed by atoms with Crippen molar-refractivity contribution in [1.29, 1.82) is 0 Å². The van der Waals surface area contributed by atoms with Gasteiger partial charge >= 0.3 is 5.97 Å². The Morgan fingerprint density at radius 1 is 1.30 bits per heavy atom. The van der Waals surface area contributed by atoms with Gasteiger partial charge in [-0.2, -0.15) is 0 Å². The van der Waals surface area contributed by atoms with E-state index in [1.807, 2.05) is 4.90 Å². The number of hydrogen-bond acceptors (Lipinski definition) is 4. The van der Waals surface area contributed by atoms with Gasteiger partial charge in [0.15, 0.2) is 0 Å². The number of sulfonamides is 1. The van der Waals surface area contributed by atoms with E-state index in [9.17, 15) is 18.3 Å². The van der Waals surface area contributed by atoms with Gasteiger partial charge in [0, 0.05) is 13.1 Å². The van der Waals surface area contributed by atoms with E-state index in [2.05, 4.69) is 13.8 Å². The lowest BCUT2D eigenvalue weighted by Gasteiger charge is -2.21. The van der Waals surface area contributed by atoms with Crippen molar-refractivity contribution in [1.82, 2.24) is 0 Å². The molecule has 0 saturated carbocycles. The maximum atomic E-state index is 11.4. The third kappa shape index (κ3) is 2.78. The fraction of sp³-hybridized carbons (Fsp3) is 0.462. The van der Waals surface area contributed by atoms with Crippen LogP contribution in [0.4, 0.5) is 5.69 Å². The molecule has 1 aliphatic heterocycles. The molecule has 1 heterocycles. The molecule has 0 amide bonds. The summed E-state index contributed by atoms with van der Waals surface area (Å²) in [7, 11) is -3.90. The van der Waals surface area contributed by atoms with Gasteiger partial charge in [0.1, 0.15) is 0 Å². The van der Waals surface area contributed by atoms with Crippen molar-refractivity contribution in [2.24, 2.45) is 17.0 Å². The Kier molecular flexibility index (Phi) is 3.75.